The van der Waals surface area contributed by atoms with Gasteiger partial charge in [0, 0.05) is 5.69 Å². The molecule has 0 aliphatic carbocycles. The molecule has 0 amide bonds. The van der Waals surface area contributed by atoms with Crippen LogP contribution in [0.5, 0.6) is 0 Å². The maximum atomic E-state index is 5.81. The molecule has 0 atom stereocenters. The summed E-state index contributed by atoms with van der Waals surface area (Å²) in [6.07, 6.45) is 0. The molecule has 0 N–H and O–H groups in total. The first kappa shape index (κ1) is 14.0. The minimum absolute atomic E-state index is 0.382. The fourth-order valence-electron chi connectivity index (χ4n) is 2.39. The normalized spacial score (nSPS) is 11.2. The molecule has 0 fully saturated rings. The number of thiophene rings is 1. The van der Waals surface area contributed by atoms with Crippen LogP contribution in [-0.2, 0) is 6.54 Å². The summed E-state index contributed by atoms with van der Waals surface area (Å²) in [6.45, 7) is 4.57. The zero-order valence-electron chi connectivity index (χ0n) is 12.7. The summed E-state index contributed by atoms with van der Waals surface area (Å²) in [4.78, 5) is 5.35. The molecule has 4 aromatic heterocycles. The van der Waals surface area contributed by atoms with Crippen LogP contribution in [0.15, 0.2) is 44.7 Å². The summed E-state index contributed by atoms with van der Waals surface area (Å²) in [6, 6.07) is 9.69. The van der Waals surface area contributed by atoms with Gasteiger partial charge in [0.15, 0.2) is 5.76 Å². The molecule has 0 saturated carbocycles. The third-order valence-electron chi connectivity index (χ3n) is 3.45. The SMILES string of the molecule is Cc1cc(C)n(Cc2ccc(-c3nc(-c4cccs4)no3)o2)n1. The molecule has 0 spiro atoms. The van der Waals surface area contributed by atoms with E-state index in [0.717, 1.165) is 22.0 Å². The summed E-state index contributed by atoms with van der Waals surface area (Å²) in [5.41, 5.74) is 2.09. The topological polar surface area (TPSA) is 69.9 Å². The zero-order chi connectivity index (χ0) is 15.8. The predicted octanol–water partition coefficient (Wildman–Crippen LogP) is 3.92. The third-order valence-corrected chi connectivity index (χ3v) is 4.31. The van der Waals surface area contributed by atoms with Gasteiger partial charge in [0.25, 0.3) is 5.89 Å². The van der Waals surface area contributed by atoms with E-state index in [1.165, 1.54) is 0 Å². The van der Waals surface area contributed by atoms with Crippen molar-refractivity contribution in [3.8, 4) is 22.4 Å². The minimum atomic E-state index is 0.382. The smallest absolute Gasteiger partial charge is 0.293 e. The summed E-state index contributed by atoms with van der Waals surface area (Å²) in [5.74, 6) is 2.32. The van der Waals surface area contributed by atoms with Crippen molar-refractivity contribution < 1.29 is 8.94 Å². The fraction of sp³-hybridized carbons (Fsp3) is 0.188. The Morgan fingerprint density at radius 1 is 1.22 bits per heavy atom. The first-order chi connectivity index (χ1) is 11.2. The van der Waals surface area contributed by atoms with E-state index < -0.39 is 0 Å². The molecule has 7 heteroatoms. The molecule has 23 heavy (non-hydrogen) atoms. The van der Waals surface area contributed by atoms with E-state index in [-0.39, 0.29) is 0 Å². The fourth-order valence-corrected chi connectivity index (χ4v) is 3.04. The molecule has 0 aliphatic rings. The second-order valence-electron chi connectivity index (χ2n) is 5.25. The Morgan fingerprint density at radius 3 is 2.87 bits per heavy atom. The molecule has 6 nitrogen and oxygen atoms in total. The van der Waals surface area contributed by atoms with E-state index in [4.69, 9.17) is 8.94 Å². The highest BCUT2D eigenvalue weighted by Gasteiger charge is 2.15. The van der Waals surface area contributed by atoms with Gasteiger partial charge in [-0.1, -0.05) is 11.2 Å². The van der Waals surface area contributed by atoms with Crippen LogP contribution >= 0.6 is 11.3 Å². The van der Waals surface area contributed by atoms with Crippen molar-refractivity contribution >= 4 is 11.3 Å². The maximum absolute atomic E-state index is 5.81. The van der Waals surface area contributed by atoms with E-state index in [1.54, 1.807) is 11.3 Å². The lowest BCUT2D eigenvalue weighted by Crippen LogP contribution is -2.02. The number of aromatic nitrogens is 4. The lowest BCUT2D eigenvalue weighted by molar-refractivity contribution is 0.408. The van der Waals surface area contributed by atoms with E-state index >= 15 is 0 Å². The number of hydrogen-bond donors (Lipinski definition) is 0. The van der Waals surface area contributed by atoms with Crippen LogP contribution in [0.2, 0.25) is 0 Å². The van der Waals surface area contributed by atoms with Gasteiger partial charge in [-0.05, 0) is 43.5 Å². The van der Waals surface area contributed by atoms with Gasteiger partial charge < -0.3 is 8.94 Å². The van der Waals surface area contributed by atoms with Crippen LogP contribution in [0.1, 0.15) is 17.1 Å². The Hall–Kier alpha value is -2.67. The van der Waals surface area contributed by atoms with Crippen molar-refractivity contribution in [2.75, 3.05) is 0 Å². The van der Waals surface area contributed by atoms with Gasteiger partial charge in [0.2, 0.25) is 5.82 Å². The van der Waals surface area contributed by atoms with Gasteiger partial charge in [0.05, 0.1) is 17.1 Å². The third kappa shape index (κ3) is 2.70. The van der Waals surface area contributed by atoms with Crippen LogP contribution in [0, 0.1) is 13.8 Å². The molecule has 0 bridgehead atoms. The van der Waals surface area contributed by atoms with Gasteiger partial charge in [-0.2, -0.15) is 10.1 Å². The Bertz CT molecular complexity index is 933. The van der Waals surface area contributed by atoms with Crippen LogP contribution < -0.4 is 0 Å². The molecule has 4 rings (SSSR count). The second kappa shape index (κ2) is 5.51. The monoisotopic (exact) mass is 326 g/mol. The number of furan rings is 1. The van der Waals surface area contributed by atoms with Gasteiger partial charge in [-0.15, -0.1) is 11.3 Å². The van der Waals surface area contributed by atoms with Crippen molar-refractivity contribution in [1.29, 1.82) is 0 Å². The highest BCUT2D eigenvalue weighted by molar-refractivity contribution is 7.13. The molecule has 0 radical (unpaired) electrons. The molecule has 116 valence electrons. The Balaban J connectivity index is 1.57. The van der Waals surface area contributed by atoms with Crippen LogP contribution in [0.25, 0.3) is 22.4 Å². The minimum Gasteiger partial charge on any atom is -0.454 e. The zero-order valence-corrected chi connectivity index (χ0v) is 13.5. The highest BCUT2D eigenvalue weighted by atomic mass is 32.1. The van der Waals surface area contributed by atoms with Gasteiger partial charge in [0.1, 0.15) is 5.76 Å². The molecule has 0 aromatic carbocycles. The first-order valence-corrected chi connectivity index (χ1v) is 8.05. The average Bonchev–Trinajstić information content (AvgIpc) is 3.27. The van der Waals surface area contributed by atoms with Crippen molar-refractivity contribution in [2.45, 2.75) is 20.4 Å². The van der Waals surface area contributed by atoms with E-state index in [0.29, 0.717) is 24.0 Å². The average molecular weight is 326 g/mol. The Kier molecular flexibility index (Phi) is 3.34. The van der Waals surface area contributed by atoms with Crippen molar-refractivity contribution in [3.63, 3.8) is 0 Å². The maximum Gasteiger partial charge on any atom is 0.293 e. The van der Waals surface area contributed by atoms with Gasteiger partial charge >= 0.3 is 0 Å². The quantitative estimate of drug-likeness (QED) is 0.568. The van der Waals surface area contributed by atoms with Crippen LogP contribution in [-0.4, -0.2) is 19.9 Å². The van der Waals surface area contributed by atoms with E-state index in [9.17, 15) is 0 Å². The lowest BCUT2D eigenvalue weighted by atomic mass is 10.4. The molecule has 0 saturated heterocycles. The molecular weight excluding hydrogens is 312 g/mol. The Labute approximate surface area is 136 Å². The highest BCUT2D eigenvalue weighted by Crippen LogP contribution is 2.26. The summed E-state index contributed by atoms with van der Waals surface area (Å²) in [5, 5.41) is 10.4. The van der Waals surface area contributed by atoms with Gasteiger partial charge in [-0.25, -0.2) is 0 Å². The standard InChI is InChI=1S/C16H14N4O2S/c1-10-8-11(2)20(18-10)9-12-5-6-13(21-12)16-17-15(19-22-16)14-4-3-7-23-14/h3-8H,9H2,1-2H3. The summed E-state index contributed by atoms with van der Waals surface area (Å²) < 4.78 is 13.0. The van der Waals surface area contributed by atoms with Crippen molar-refractivity contribution in [2.24, 2.45) is 0 Å². The van der Waals surface area contributed by atoms with Crippen molar-refractivity contribution in [1.82, 2.24) is 19.9 Å². The van der Waals surface area contributed by atoms with Crippen LogP contribution in [0.3, 0.4) is 0 Å². The molecule has 0 unspecified atom stereocenters. The summed E-state index contributed by atoms with van der Waals surface area (Å²) >= 11 is 1.57. The van der Waals surface area contributed by atoms with Crippen LogP contribution in [0.4, 0.5) is 0 Å². The molecule has 4 heterocycles. The van der Waals surface area contributed by atoms with Gasteiger partial charge in [-0.3, -0.25) is 4.68 Å². The summed E-state index contributed by atoms with van der Waals surface area (Å²) in [7, 11) is 0. The lowest BCUT2D eigenvalue weighted by Gasteiger charge is -2.00. The largest absolute Gasteiger partial charge is 0.454 e. The number of rotatable bonds is 4. The van der Waals surface area contributed by atoms with E-state index in [1.807, 2.05) is 54.2 Å². The van der Waals surface area contributed by atoms with E-state index in [2.05, 4.69) is 15.2 Å². The molecular formula is C16H14N4O2S. The Morgan fingerprint density at radius 2 is 2.13 bits per heavy atom. The predicted molar refractivity (Wildman–Crippen MR) is 86.1 cm³/mol. The number of hydrogen-bond acceptors (Lipinski definition) is 6. The first-order valence-electron chi connectivity index (χ1n) is 7.17. The number of nitrogens with zero attached hydrogens (tertiary/aromatic N) is 4. The number of aryl methyl sites for hydroxylation is 2. The molecule has 0 aliphatic heterocycles. The van der Waals surface area contributed by atoms with Crippen molar-refractivity contribution in [3.05, 3.63) is 52.9 Å². The second-order valence-corrected chi connectivity index (χ2v) is 6.20. The molecule has 4 aromatic rings.